The van der Waals surface area contributed by atoms with E-state index < -0.39 is 10.8 Å². The monoisotopic (exact) mass is 426 g/mol. The molecule has 0 saturated carbocycles. The Morgan fingerprint density at radius 3 is 2.67 bits per heavy atom. The van der Waals surface area contributed by atoms with Gasteiger partial charge in [-0.15, -0.1) is 11.3 Å². The lowest BCUT2D eigenvalue weighted by molar-refractivity contribution is -0.384. The SMILES string of the molecule is NC(=O)CCCn1c(Cc2ccc([N+](=O)[O-])cc2)nc2sc3c(c2c1=O)CCCC3. The fourth-order valence-electron chi connectivity index (χ4n) is 3.98. The molecule has 0 aliphatic heterocycles. The topological polar surface area (TPSA) is 121 Å². The van der Waals surface area contributed by atoms with Crippen LogP contribution in [0.5, 0.6) is 0 Å². The fourth-order valence-corrected chi connectivity index (χ4v) is 5.25. The maximum Gasteiger partial charge on any atom is 0.269 e. The summed E-state index contributed by atoms with van der Waals surface area (Å²) in [5.74, 6) is 0.200. The van der Waals surface area contributed by atoms with Crippen LogP contribution in [0.25, 0.3) is 10.2 Å². The van der Waals surface area contributed by atoms with Crippen LogP contribution < -0.4 is 11.3 Å². The molecule has 0 spiro atoms. The number of nitro groups is 1. The van der Waals surface area contributed by atoms with E-state index in [1.807, 2.05) is 0 Å². The Kier molecular flexibility index (Phi) is 5.63. The predicted octanol–water partition coefficient (Wildman–Crippen LogP) is 3.10. The quantitative estimate of drug-likeness (QED) is 0.460. The number of nitrogens with zero attached hydrogens (tertiary/aromatic N) is 3. The summed E-state index contributed by atoms with van der Waals surface area (Å²) in [4.78, 5) is 41.9. The van der Waals surface area contributed by atoms with E-state index >= 15 is 0 Å². The van der Waals surface area contributed by atoms with E-state index in [0.29, 0.717) is 30.6 Å². The summed E-state index contributed by atoms with van der Waals surface area (Å²) in [6.07, 6.45) is 5.12. The van der Waals surface area contributed by atoms with Crippen LogP contribution in [0, 0.1) is 10.1 Å². The van der Waals surface area contributed by atoms with Crippen molar-refractivity contribution >= 4 is 33.1 Å². The lowest BCUT2D eigenvalue weighted by Gasteiger charge is -2.14. The Hall–Kier alpha value is -3.07. The molecule has 1 amide bonds. The normalized spacial score (nSPS) is 13.3. The smallest absolute Gasteiger partial charge is 0.269 e. The molecule has 0 bridgehead atoms. The average molecular weight is 426 g/mol. The molecule has 2 aromatic heterocycles. The van der Waals surface area contributed by atoms with Gasteiger partial charge in [-0.3, -0.25) is 24.3 Å². The summed E-state index contributed by atoms with van der Waals surface area (Å²) >= 11 is 1.59. The van der Waals surface area contributed by atoms with Crippen LogP contribution in [0.15, 0.2) is 29.1 Å². The summed E-state index contributed by atoms with van der Waals surface area (Å²) in [6, 6.07) is 6.27. The number of carbonyl (C=O) groups excluding carboxylic acids is 1. The number of rotatable bonds is 7. The van der Waals surface area contributed by atoms with Crippen LogP contribution >= 0.6 is 11.3 Å². The number of amides is 1. The van der Waals surface area contributed by atoms with Gasteiger partial charge >= 0.3 is 0 Å². The molecule has 1 aromatic carbocycles. The first-order valence-corrected chi connectivity index (χ1v) is 10.8. The van der Waals surface area contributed by atoms with Gasteiger partial charge in [0.1, 0.15) is 10.7 Å². The molecule has 1 aliphatic carbocycles. The molecule has 30 heavy (non-hydrogen) atoms. The highest BCUT2D eigenvalue weighted by Crippen LogP contribution is 2.34. The van der Waals surface area contributed by atoms with Crippen molar-refractivity contribution < 1.29 is 9.72 Å². The van der Waals surface area contributed by atoms with E-state index in [4.69, 9.17) is 10.7 Å². The average Bonchev–Trinajstić information content (AvgIpc) is 3.09. The zero-order valence-corrected chi connectivity index (χ0v) is 17.2. The minimum atomic E-state index is -0.440. The number of non-ortho nitro benzene ring substituents is 1. The lowest BCUT2D eigenvalue weighted by Crippen LogP contribution is -2.26. The van der Waals surface area contributed by atoms with Crippen LogP contribution in [0.4, 0.5) is 5.69 Å². The third kappa shape index (κ3) is 3.97. The zero-order chi connectivity index (χ0) is 21.3. The van der Waals surface area contributed by atoms with Gasteiger partial charge in [-0.05, 0) is 43.2 Å². The molecule has 0 radical (unpaired) electrons. The summed E-state index contributed by atoms with van der Waals surface area (Å²) < 4.78 is 1.65. The Bertz CT molecular complexity index is 1180. The molecular weight excluding hydrogens is 404 g/mol. The van der Waals surface area contributed by atoms with Crippen LogP contribution in [-0.2, 0) is 30.6 Å². The van der Waals surface area contributed by atoms with E-state index in [1.165, 1.54) is 17.0 Å². The van der Waals surface area contributed by atoms with Gasteiger partial charge in [0.2, 0.25) is 5.91 Å². The van der Waals surface area contributed by atoms with E-state index in [9.17, 15) is 19.7 Å². The van der Waals surface area contributed by atoms with Crippen molar-refractivity contribution in [2.24, 2.45) is 5.73 Å². The summed E-state index contributed by atoms with van der Waals surface area (Å²) in [6.45, 7) is 0.359. The van der Waals surface area contributed by atoms with Crippen molar-refractivity contribution in [3.63, 3.8) is 0 Å². The molecule has 156 valence electrons. The van der Waals surface area contributed by atoms with Crippen molar-refractivity contribution in [1.82, 2.24) is 9.55 Å². The highest BCUT2D eigenvalue weighted by molar-refractivity contribution is 7.18. The predicted molar refractivity (Wildman–Crippen MR) is 115 cm³/mol. The van der Waals surface area contributed by atoms with Crippen LogP contribution in [0.1, 0.15) is 47.5 Å². The van der Waals surface area contributed by atoms with E-state index in [2.05, 4.69) is 0 Å². The highest BCUT2D eigenvalue weighted by atomic mass is 32.1. The van der Waals surface area contributed by atoms with Gasteiger partial charge in [-0.25, -0.2) is 4.98 Å². The van der Waals surface area contributed by atoms with E-state index in [-0.39, 0.29) is 17.7 Å². The number of fused-ring (bicyclic) bond motifs is 3. The molecular formula is C21H22N4O4S. The first kappa shape index (κ1) is 20.2. The Balaban J connectivity index is 1.76. The van der Waals surface area contributed by atoms with Gasteiger partial charge < -0.3 is 5.73 Å². The second-order valence-electron chi connectivity index (χ2n) is 7.55. The molecule has 8 nitrogen and oxygen atoms in total. The molecule has 9 heteroatoms. The molecule has 2 heterocycles. The molecule has 0 saturated heterocycles. The van der Waals surface area contributed by atoms with Crippen molar-refractivity contribution in [2.75, 3.05) is 0 Å². The van der Waals surface area contributed by atoms with Crippen molar-refractivity contribution in [3.05, 3.63) is 66.6 Å². The van der Waals surface area contributed by atoms with E-state index in [0.717, 1.165) is 41.6 Å². The number of nitro benzene ring substituents is 1. The molecule has 1 aliphatic rings. The fraction of sp³-hybridized carbons (Fsp3) is 0.381. The lowest BCUT2D eigenvalue weighted by atomic mass is 9.97. The Morgan fingerprint density at radius 1 is 1.23 bits per heavy atom. The molecule has 2 N–H and O–H groups in total. The van der Waals surface area contributed by atoms with Crippen molar-refractivity contribution in [2.45, 2.75) is 51.5 Å². The van der Waals surface area contributed by atoms with Gasteiger partial charge in [0.05, 0.1) is 10.3 Å². The number of aromatic nitrogens is 2. The van der Waals surface area contributed by atoms with E-state index in [1.54, 1.807) is 28.0 Å². The number of hydrogen-bond acceptors (Lipinski definition) is 6. The minimum Gasteiger partial charge on any atom is -0.370 e. The zero-order valence-electron chi connectivity index (χ0n) is 16.4. The van der Waals surface area contributed by atoms with Crippen molar-refractivity contribution in [1.29, 1.82) is 0 Å². The number of benzene rings is 1. The van der Waals surface area contributed by atoms with Gasteiger partial charge in [-0.2, -0.15) is 0 Å². The first-order chi connectivity index (χ1) is 14.4. The highest BCUT2D eigenvalue weighted by Gasteiger charge is 2.22. The van der Waals surface area contributed by atoms with Crippen LogP contribution in [-0.4, -0.2) is 20.4 Å². The third-order valence-electron chi connectivity index (χ3n) is 5.47. The second-order valence-corrected chi connectivity index (χ2v) is 8.63. The molecule has 4 rings (SSSR count). The summed E-state index contributed by atoms with van der Waals surface area (Å²) in [7, 11) is 0. The van der Waals surface area contributed by atoms with Crippen LogP contribution in [0.3, 0.4) is 0 Å². The van der Waals surface area contributed by atoms with Crippen LogP contribution in [0.2, 0.25) is 0 Å². The Labute approximate surface area is 176 Å². The maximum atomic E-state index is 13.4. The van der Waals surface area contributed by atoms with Crippen molar-refractivity contribution in [3.8, 4) is 0 Å². The largest absolute Gasteiger partial charge is 0.370 e. The summed E-state index contributed by atoms with van der Waals surface area (Å²) in [5.41, 5.74) is 7.18. The second kappa shape index (κ2) is 8.35. The standard InChI is InChI=1S/C21H22N4O4S/c22-17(26)6-3-11-24-18(12-13-7-9-14(10-8-13)25(28)29)23-20-19(21(24)27)15-4-1-2-5-16(15)30-20/h7-10H,1-6,11-12H2,(H2,22,26). The van der Waals surface area contributed by atoms with Gasteiger partial charge in [0.25, 0.3) is 11.2 Å². The van der Waals surface area contributed by atoms with Gasteiger partial charge in [-0.1, -0.05) is 12.1 Å². The number of nitrogens with two attached hydrogens (primary N) is 1. The Morgan fingerprint density at radius 2 is 1.97 bits per heavy atom. The van der Waals surface area contributed by atoms with Gasteiger partial charge in [0, 0.05) is 36.4 Å². The molecule has 0 atom stereocenters. The molecule has 3 aromatic rings. The van der Waals surface area contributed by atoms with Gasteiger partial charge in [0.15, 0.2) is 0 Å². The summed E-state index contributed by atoms with van der Waals surface area (Å²) in [5, 5.41) is 11.6. The number of hydrogen-bond donors (Lipinski definition) is 1. The third-order valence-corrected chi connectivity index (χ3v) is 6.65. The first-order valence-electron chi connectivity index (χ1n) is 9.99. The minimum absolute atomic E-state index is 0.0203. The number of carbonyl (C=O) groups is 1. The maximum absolute atomic E-state index is 13.4. The number of aryl methyl sites for hydroxylation is 2. The number of thiophene rings is 1. The molecule has 0 unspecified atom stereocenters. The molecule has 0 fully saturated rings. The number of primary amides is 1.